The normalized spacial score (nSPS) is 19.9. The highest BCUT2D eigenvalue weighted by Crippen LogP contribution is 2.34. The number of likely N-dealkylation sites (tertiary alicyclic amines) is 1. The third-order valence-corrected chi connectivity index (χ3v) is 4.00. The first-order valence-electron chi connectivity index (χ1n) is 6.25. The van der Waals surface area contributed by atoms with Gasteiger partial charge in [0.15, 0.2) is 0 Å². The molecule has 0 radical (unpaired) electrons. The maximum absolute atomic E-state index is 12.3. The van der Waals surface area contributed by atoms with Crippen LogP contribution < -0.4 is 0 Å². The van der Waals surface area contributed by atoms with Gasteiger partial charge in [0.05, 0.1) is 0 Å². The molecule has 1 aromatic heterocycles. The number of carbonyl (C=O) groups is 2. The minimum Gasteiger partial charge on any atom is -0.278 e. The molecule has 19 heavy (non-hydrogen) atoms. The predicted molar refractivity (Wildman–Crippen MR) is 75.5 cm³/mol. The van der Waals surface area contributed by atoms with Gasteiger partial charge in [-0.1, -0.05) is 20.8 Å². The zero-order valence-corrected chi connectivity index (χ0v) is 12.9. The molecule has 1 fully saturated rings. The zero-order valence-electron chi connectivity index (χ0n) is 11.3. The summed E-state index contributed by atoms with van der Waals surface area (Å²) >= 11 is 3.23. The second-order valence-corrected chi connectivity index (χ2v) is 6.76. The van der Waals surface area contributed by atoms with Crippen molar-refractivity contribution in [1.82, 2.24) is 9.88 Å². The van der Waals surface area contributed by atoms with Gasteiger partial charge < -0.3 is 0 Å². The van der Waals surface area contributed by atoms with Crippen LogP contribution in [-0.4, -0.2) is 28.2 Å². The molecule has 2 rings (SSSR count). The van der Waals surface area contributed by atoms with Crippen LogP contribution in [0.15, 0.2) is 22.9 Å². The molecule has 0 spiro atoms. The highest BCUT2D eigenvalue weighted by Gasteiger charge is 2.39. The second kappa shape index (κ2) is 5.04. The van der Waals surface area contributed by atoms with Gasteiger partial charge in [-0.15, -0.1) is 0 Å². The lowest BCUT2D eigenvalue weighted by Gasteiger charge is -2.26. The summed E-state index contributed by atoms with van der Waals surface area (Å²) < 4.78 is 0.595. The van der Waals surface area contributed by atoms with Crippen molar-refractivity contribution in [2.75, 3.05) is 6.54 Å². The fraction of sp³-hybridized carbons (Fsp3) is 0.500. The number of imide groups is 1. The minimum absolute atomic E-state index is 0.0313. The van der Waals surface area contributed by atoms with E-state index in [1.165, 1.54) is 4.90 Å². The molecule has 0 saturated carbocycles. The lowest BCUT2D eigenvalue weighted by molar-refractivity contribution is -0.125. The van der Waals surface area contributed by atoms with Gasteiger partial charge >= 0.3 is 0 Å². The molecule has 4 nitrogen and oxygen atoms in total. The molecule has 2 heterocycles. The molecule has 1 unspecified atom stereocenters. The highest BCUT2D eigenvalue weighted by atomic mass is 79.9. The van der Waals surface area contributed by atoms with Gasteiger partial charge in [0.25, 0.3) is 5.91 Å². The Labute approximate surface area is 121 Å². The number of pyridine rings is 1. The third kappa shape index (κ3) is 3.03. The molecular weight excluding hydrogens is 308 g/mol. The summed E-state index contributed by atoms with van der Waals surface area (Å²) in [5.74, 6) is -0.105. The predicted octanol–water partition coefficient (Wildman–Crippen LogP) is 2.88. The molecule has 0 N–H and O–H groups in total. The van der Waals surface area contributed by atoms with Gasteiger partial charge in [0.2, 0.25) is 5.91 Å². The van der Waals surface area contributed by atoms with Crippen molar-refractivity contribution < 1.29 is 9.59 Å². The Morgan fingerprint density at radius 1 is 1.47 bits per heavy atom. The van der Waals surface area contributed by atoms with E-state index in [0.717, 1.165) is 0 Å². The molecule has 1 aromatic rings. The number of carbonyl (C=O) groups excluding carboxylic acids is 2. The Balaban J connectivity index is 2.19. The lowest BCUT2D eigenvalue weighted by Crippen LogP contribution is -2.33. The summed E-state index contributed by atoms with van der Waals surface area (Å²) in [5.41, 5.74) is 0.522. The number of hydrogen-bond donors (Lipinski definition) is 0. The highest BCUT2D eigenvalue weighted by molar-refractivity contribution is 9.10. The average molecular weight is 325 g/mol. The smallest absolute Gasteiger partial charge is 0.260 e. The van der Waals surface area contributed by atoms with Crippen molar-refractivity contribution in [2.24, 2.45) is 11.3 Å². The van der Waals surface area contributed by atoms with E-state index in [9.17, 15) is 9.59 Å². The van der Waals surface area contributed by atoms with E-state index in [1.54, 1.807) is 18.3 Å². The summed E-state index contributed by atoms with van der Waals surface area (Å²) in [5, 5.41) is 0. The molecule has 0 aromatic carbocycles. The van der Waals surface area contributed by atoms with Gasteiger partial charge in [-0.3, -0.25) is 14.5 Å². The number of hydrogen-bond acceptors (Lipinski definition) is 3. The van der Waals surface area contributed by atoms with E-state index < -0.39 is 0 Å². The molecule has 1 saturated heterocycles. The van der Waals surface area contributed by atoms with E-state index in [1.807, 2.05) is 0 Å². The SMILES string of the molecule is CC(C)(C)C1CC(=O)N(C(=O)c2ccnc(Br)c2)C1. The van der Waals surface area contributed by atoms with E-state index in [2.05, 4.69) is 41.7 Å². The molecule has 5 heteroatoms. The van der Waals surface area contributed by atoms with Crippen molar-refractivity contribution in [3.05, 3.63) is 28.5 Å². The van der Waals surface area contributed by atoms with E-state index in [0.29, 0.717) is 23.1 Å². The van der Waals surface area contributed by atoms with Crippen molar-refractivity contribution in [2.45, 2.75) is 27.2 Å². The third-order valence-electron chi connectivity index (χ3n) is 3.57. The first-order chi connectivity index (χ1) is 8.79. The van der Waals surface area contributed by atoms with Crippen LogP contribution in [0.4, 0.5) is 0 Å². The monoisotopic (exact) mass is 324 g/mol. The Morgan fingerprint density at radius 2 is 2.16 bits per heavy atom. The van der Waals surface area contributed by atoms with Gasteiger partial charge in [-0.2, -0.15) is 0 Å². The summed E-state index contributed by atoms with van der Waals surface area (Å²) in [6.45, 7) is 6.80. The minimum atomic E-state index is -0.236. The summed E-state index contributed by atoms with van der Waals surface area (Å²) in [6, 6.07) is 3.27. The molecule has 2 amide bonds. The quantitative estimate of drug-likeness (QED) is 0.589. The lowest BCUT2D eigenvalue weighted by atomic mass is 9.80. The zero-order chi connectivity index (χ0) is 14.2. The van der Waals surface area contributed by atoms with Crippen LogP contribution in [0.2, 0.25) is 0 Å². The molecule has 0 aliphatic carbocycles. The van der Waals surface area contributed by atoms with Crippen LogP contribution in [-0.2, 0) is 4.79 Å². The van der Waals surface area contributed by atoms with Crippen LogP contribution in [0.1, 0.15) is 37.6 Å². The number of rotatable bonds is 1. The summed E-state index contributed by atoms with van der Waals surface area (Å²) in [7, 11) is 0. The Hall–Kier alpha value is -1.23. The number of amides is 2. The van der Waals surface area contributed by atoms with Crippen LogP contribution in [0, 0.1) is 11.3 Å². The van der Waals surface area contributed by atoms with Crippen LogP contribution in [0.25, 0.3) is 0 Å². The fourth-order valence-corrected chi connectivity index (χ4v) is 2.54. The molecule has 1 aliphatic rings. The van der Waals surface area contributed by atoms with Crippen molar-refractivity contribution in [1.29, 1.82) is 0 Å². The van der Waals surface area contributed by atoms with Crippen molar-refractivity contribution >= 4 is 27.7 Å². The topological polar surface area (TPSA) is 50.3 Å². The Kier molecular flexibility index (Phi) is 3.76. The van der Waals surface area contributed by atoms with Gasteiger partial charge in [-0.25, -0.2) is 4.98 Å². The van der Waals surface area contributed by atoms with E-state index in [4.69, 9.17) is 0 Å². The Bertz CT molecular complexity index is 522. The number of aromatic nitrogens is 1. The summed E-state index contributed by atoms with van der Waals surface area (Å²) in [4.78, 5) is 29.7. The maximum Gasteiger partial charge on any atom is 0.260 e. The standard InChI is InChI=1S/C14H17BrN2O2/c1-14(2,3)10-7-12(18)17(8-10)13(19)9-4-5-16-11(15)6-9/h4-6,10H,7-8H2,1-3H3. The fourth-order valence-electron chi connectivity index (χ4n) is 2.18. The van der Waals surface area contributed by atoms with Crippen LogP contribution in [0.5, 0.6) is 0 Å². The van der Waals surface area contributed by atoms with Crippen LogP contribution >= 0.6 is 15.9 Å². The van der Waals surface area contributed by atoms with Gasteiger partial charge in [-0.05, 0) is 39.4 Å². The molecular formula is C14H17BrN2O2. The van der Waals surface area contributed by atoms with Crippen LogP contribution in [0.3, 0.4) is 0 Å². The van der Waals surface area contributed by atoms with Crippen molar-refractivity contribution in [3.8, 4) is 0 Å². The molecule has 102 valence electrons. The van der Waals surface area contributed by atoms with E-state index in [-0.39, 0.29) is 23.1 Å². The Morgan fingerprint density at radius 3 is 2.68 bits per heavy atom. The largest absolute Gasteiger partial charge is 0.278 e. The molecule has 1 aliphatic heterocycles. The summed E-state index contributed by atoms with van der Waals surface area (Å²) in [6.07, 6.45) is 2.00. The second-order valence-electron chi connectivity index (χ2n) is 5.94. The maximum atomic E-state index is 12.3. The first-order valence-corrected chi connectivity index (χ1v) is 7.04. The van der Waals surface area contributed by atoms with E-state index >= 15 is 0 Å². The number of halogens is 1. The molecule has 1 atom stereocenters. The average Bonchev–Trinajstić information content (AvgIpc) is 2.70. The molecule has 0 bridgehead atoms. The van der Waals surface area contributed by atoms with Crippen molar-refractivity contribution in [3.63, 3.8) is 0 Å². The van der Waals surface area contributed by atoms with Gasteiger partial charge in [0.1, 0.15) is 4.60 Å². The number of nitrogens with zero attached hydrogens (tertiary/aromatic N) is 2. The van der Waals surface area contributed by atoms with Gasteiger partial charge in [0, 0.05) is 24.7 Å². The first kappa shape index (κ1) is 14.2.